The quantitative estimate of drug-likeness (QED) is 0.479. The minimum atomic E-state index is 0. The smallest absolute Gasteiger partial charge is 0.227 e. The standard InChI is InChI=1S/C9H16N2.2C8H14N2O.CH4/c1-7-8(11-6-10-7)5-9(2,3)4;1-6-9-7(10-11-6)5-8(2,3)4;1-6-9-7(11-10-6)5-8(2,3)4;/h5-6H2,1-4H3;2*5H2,1-4H3;1H4. The van der Waals surface area contributed by atoms with Gasteiger partial charge in [-0.1, -0.05) is 80.1 Å². The Morgan fingerprint density at radius 3 is 1.59 bits per heavy atom. The first-order valence-corrected chi connectivity index (χ1v) is 11.6. The summed E-state index contributed by atoms with van der Waals surface area (Å²) in [5, 5.41) is 7.53. The van der Waals surface area contributed by atoms with E-state index >= 15 is 0 Å². The molecule has 2 aromatic heterocycles. The van der Waals surface area contributed by atoms with Gasteiger partial charge in [0.25, 0.3) is 0 Å². The first-order chi connectivity index (χ1) is 14.9. The maximum absolute atomic E-state index is 4.98. The van der Waals surface area contributed by atoms with Crippen LogP contribution in [0.25, 0.3) is 0 Å². The number of rotatable bonds is 3. The number of aryl methyl sites for hydroxylation is 2. The van der Waals surface area contributed by atoms with E-state index in [9.17, 15) is 0 Å². The second-order valence-corrected chi connectivity index (χ2v) is 12.2. The van der Waals surface area contributed by atoms with Crippen LogP contribution in [0.4, 0.5) is 0 Å². The normalized spacial score (nSPS) is 13.6. The predicted octanol–water partition coefficient (Wildman–Crippen LogP) is 6.86. The van der Waals surface area contributed by atoms with Gasteiger partial charge in [-0.05, 0) is 36.5 Å². The minimum Gasteiger partial charge on any atom is -0.340 e. The zero-order valence-electron chi connectivity index (χ0n) is 22.8. The van der Waals surface area contributed by atoms with E-state index in [1.807, 2.05) is 13.8 Å². The molecule has 0 spiro atoms. The molecule has 3 rings (SSSR count). The molecule has 0 amide bonds. The van der Waals surface area contributed by atoms with Crippen LogP contribution in [-0.4, -0.2) is 38.4 Å². The Bertz CT molecular complexity index is 866. The molecule has 194 valence electrons. The van der Waals surface area contributed by atoms with Gasteiger partial charge in [-0.25, -0.2) is 0 Å². The summed E-state index contributed by atoms with van der Waals surface area (Å²) >= 11 is 0. The van der Waals surface area contributed by atoms with Gasteiger partial charge in [0, 0.05) is 19.8 Å². The Morgan fingerprint density at radius 1 is 0.676 bits per heavy atom. The topological polar surface area (TPSA) is 103 Å². The first-order valence-electron chi connectivity index (χ1n) is 11.6. The van der Waals surface area contributed by atoms with Crippen molar-refractivity contribution in [1.82, 2.24) is 20.3 Å². The largest absolute Gasteiger partial charge is 0.340 e. The van der Waals surface area contributed by atoms with E-state index < -0.39 is 0 Å². The molecule has 0 unspecified atom stereocenters. The van der Waals surface area contributed by atoms with Crippen molar-refractivity contribution >= 4 is 11.4 Å². The van der Waals surface area contributed by atoms with Crippen molar-refractivity contribution in [2.45, 2.75) is 110 Å². The first kappa shape index (κ1) is 31.6. The summed E-state index contributed by atoms with van der Waals surface area (Å²) in [5.41, 5.74) is 3.10. The monoisotopic (exact) mass is 476 g/mol. The van der Waals surface area contributed by atoms with Gasteiger partial charge >= 0.3 is 0 Å². The molecule has 0 radical (unpaired) electrons. The van der Waals surface area contributed by atoms with Gasteiger partial charge in [0.05, 0.1) is 11.4 Å². The van der Waals surface area contributed by atoms with Gasteiger partial charge in [-0.3, -0.25) is 9.98 Å². The molecule has 0 aliphatic carbocycles. The Morgan fingerprint density at radius 2 is 1.24 bits per heavy atom. The van der Waals surface area contributed by atoms with Crippen LogP contribution in [0.2, 0.25) is 0 Å². The number of hydrogen-bond acceptors (Lipinski definition) is 8. The SMILES string of the molecule is C.CC1=NCN=C1CC(C)(C)C.Cc1nc(CC(C)(C)C)no1.Cc1noc(CC(C)(C)C)n1. The summed E-state index contributed by atoms with van der Waals surface area (Å²) in [6.45, 7) is 25.9. The maximum Gasteiger partial charge on any atom is 0.227 e. The zero-order chi connectivity index (χ0) is 25.4. The van der Waals surface area contributed by atoms with Crippen molar-refractivity contribution < 1.29 is 9.05 Å². The van der Waals surface area contributed by atoms with E-state index in [0.29, 0.717) is 23.8 Å². The summed E-state index contributed by atoms with van der Waals surface area (Å²) < 4.78 is 9.83. The molecule has 34 heavy (non-hydrogen) atoms. The molecule has 0 saturated heterocycles. The molecule has 0 fully saturated rings. The van der Waals surface area contributed by atoms with E-state index in [4.69, 9.17) is 9.05 Å². The van der Waals surface area contributed by atoms with Gasteiger partial charge < -0.3 is 9.05 Å². The Kier molecular flexibility index (Phi) is 12.0. The van der Waals surface area contributed by atoms with Crippen LogP contribution >= 0.6 is 0 Å². The Labute approximate surface area is 207 Å². The second-order valence-electron chi connectivity index (χ2n) is 12.2. The van der Waals surface area contributed by atoms with Crippen LogP contribution < -0.4 is 0 Å². The van der Waals surface area contributed by atoms with E-state index in [-0.39, 0.29) is 18.3 Å². The molecule has 0 aromatic carbocycles. The molecule has 0 atom stereocenters. The molecule has 8 heteroatoms. The van der Waals surface area contributed by atoms with Gasteiger partial charge in [0.2, 0.25) is 11.8 Å². The van der Waals surface area contributed by atoms with Crippen LogP contribution in [0.5, 0.6) is 0 Å². The van der Waals surface area contributed by atoms with Gasteiger partial charge in [-0.15, -0.1) is 0 Å². The Hall–Kier alpha value is -2.38. The van der Waals surface area contributed by atoms with Crippen molar-refractivity contribution in [3.63, 3.8) is 0 Å². The molecule has 1 aliphatic rings. The third-order valence-corrected chi connectivity index (χ3v) is 4.19. The highest BCUT2D eigenvalue weighted by Gasteiger charge is 2.18. The second kappa shape index (κ2) is 12.9. The lowest BCUT2D eigenvalue weighted by atomic mass is 9.88. The summed E-state index contributed by atoms with van der Waals surface area (Å²) in [5.74, 6) is 2.89. The van der Waals surface area contributed by atoms with Crippen LogP contribution in [0, 0.1) is 30.1 Å². The van der Waals surface area contributed by atoms with E-state index in [0.717, 1.165) is 36.7 Å². The van der Waals surface area contributed by atoms with E-state index in [2.05, 4.69) is 92.6 Å². The van der Waals surface area contributed by atoms with Crippen molar-refractivity contribution in [2.24, 2.45) is 26.2 Å². The minimum absolute atomic E-state index is 0. The van der Waals surface area contributed by atoms with Crippen LogP contribution in [0.1, 0.15) is 107 Å². The third kappa shape index (κ3) is 14.7. The summed E-state index contributed by atoms with van der Waals surface area (Å²) in [4.78, 5) is 16.8. The van der Waals surface area contributed by atoms with Crippen LogP contribution in [0.15, 0.2) is 19.0 Å². The lowest BCUT2D eigenvalue weighted by Gasteiger charge is -2.17. The van der Waals surface area contributed by atoms with Gasteiger partial charge in [-0.2, -0.15) is 9.97 Å². The van der Waals surface area contributed by atoms with Gasteiger partial charge in [0.15, 0.2) is 11.6 Å². The molecular formula is C26H48N6O2. The fraction of sp³-hybridized carbons (Fsp3) is 0.769. The lowest BCUT2D eigenvalue weighted by molar-refractivity contribution is 0.312. The number of aliphatic imine (C=N–C) groups is 2. The summed E-state index contributed by atoms with van der Waals surface area (Å²) in [6.07, 6.45) is 2.75. The maximum atomic E-state index is 4.98. The molecule has 0 saturated carbocycles. The van der Waals surface area contributed by atoms with Gasteiger partial charge in [0.1, 0.15) is 6.67 Å². The number of hydrogen-bond donors (Lipinski definition) is 0. The average Bonchev–Trinajstić information content (AvgIpc) is 3.29. The number of nitrogens with zero attached hydrogens (tertiary/aromatic N) is 6. The highest BCUT2D eigenvalue weighted by molar-refractivity contribution is 6.42. The van der Waals surface area contributed by atoms with Crippen molar-refractivity contribution in [2.75, 3.05) is 6.67 Å². The summed E-state index contributed by atoms with van der Waals surface area (Å²) in [6, 6.07) is 0. The third-order valence-electron chi connectivity index (χ3n) is 4.19. The predicted molar refractivity (Wildman–Crippen MR) is 141 cm³/mol. The van der Waals surface area contributed by atoms with Crippen LogP contribution in [0.3, 0.4) is 0 Å². The highest BCUT2D eigenvalue weighted by atomic mass is 16.5. The van der Waals surface area contributed by atoms with Crippen molar-refractivity contribution in [1.29, 1.82) is 0 Å². The molecule has 1 aliphatic heterocycles. The van der Waals surface area contributed by atoms with E-state index in [1.165, 1.54) is 5.71 Å². The molecule has 0 N–H and O–H groups in total. The van der Waals surface area contributed by atoms with E-state index in [1.54, 1.807) is 6.92 Å². The summed E-state index contributed by atoms with van der Waals surface area (Å²) in [7, 11) is 0. The lowest BCUT2D eigenvalue weighted by Crippen LogP contribution is -2.16. The number of aromatic nitrogens is 4. The van der Waals surface area contributed by atoms with Crippen LogP contribution in [-0.2, 0) is 12.8 Å². The zero-order valence-corrected chi connectivity index (χ0v) is 22.8. The molecule has 8 nitrogen and oxygen atoms in total. The fourth-order valence-corrected chi connectivity index (χ4v) is 2.87. The highest BCUT2D eigenvalue weighted by Crippen LogP contribution is 2.21. The average molecular weight is 477 g/mol. The molecule has 3 heterocycles. The fourth-order valence-electron chi connectivity index (χ4n) is 2.87. The van der Waals surface area contributed by atoms with Crippen molar-refractivity contribution in [3.8, 4) is 0 Å². The Balaban J connectivity index is 0.000000473. The molecular weight excluding hydrogens is 428 g/mol. The molecule has 2 aromatic rings. The van der Waals surface area contributed by atoms with Crippen molar-refractivity contribution in [3.05, 3.63) is 23.4 Å². The molecule has 0 bridgehead atoms.